The predicted octanol–water partition coefficient (Wildman–Crippen LogP) is 5.09. The van der Waals surface area contributed by atoms with Crippen molar-refractivity contribution >= 4 is 17.6 Å². The molecule has 186 valence electrons. The monoisotopic (exact) mass is 495 g/mol. The summed E-state index contributed by atoms with van der Waals surface area (Å²) < 4.78 is 33.3. The highest BCUT2D eigenvalue weighted by molar-refractivity contribution is 6.31. The van der Waals surface area contributed by atoms with E-state index in [0.717, 1.165) is 48.5 Å². The minimum absolute atomic E-state index is 0.0259. The number of hydrogen-bond acceptors (Lipinski definition) is 4. The number of rotatable bonds is 11. The second kappa shape index (κ2) is 12.1. The summed E-state index contributed by atoms with van der Waals surface area (Å²) in [7, 11) is 0. The Morgan fingerprint density at radius 2 is 2.00 bits per heavy atom. The largest absolute Gasteiger partial charge is 0.481 e. The van der Waals surface area contributed by atoms with Crippen LogP contribution in [0.4, 0.5) is 8.78 Å². The number of halogens is 3. The zero-order valence-electron chi connectivity index (χ0n) is 19.6. The minimum atomic E-state index is -1.02. The van der Waals surface area contributed by atoms with Crippen LogP contribution in [-0.4, -0.2) is 52.9 Å². The number of likely N-dealkylation sites (tertiary alicyclic amines) is 1. The van der Waals surface area contributed by atoms with Crippen molar-refractivity contribution in [3.63, 3.8) is 0 Å². The smallest absolute Gasteiger partial charge is 0.303 e. The van der Waals surface area contributed by atoms with Gasteiger partial charge in [0, 0.05) is 24.0 Å². The highest BCUT2D eigenvalue weighted by atomic mass is 35.5. The molecular formula is C26H32ClF2NO4. The van der Waals surface area contributed by atoms with Crippen LogP contribution in [0, 0.1) is 18.6 Å². The van der Waals surface area contributed by atoms with Crippen molar-refractivity contribution < 1.29 is 28.5 Å². The first-order chi connectivity index (χ1) is 16.1. The van der Waals surface area contributed by atoms with Crippen LogP contribution in [0.15, 0.2) is 30.3 Å². The number of carboxylic acids is 1. The SMILES string of the molecule is Cc1ccc(C[C@@H]2CCCN2C[C@H](O)CO[C@H](C)c2cc(F)c(F)cc2CCC(=O)O)cc1Cl. The summed E-state index contributed by atoms with van der Waals surface area (Å²) in [5.41, 5.74) is 2.99. The molecule has 0 aliphatic carbocycles. The fraction of sp³-hybridized carbons (Fsp3) is 0.500. The average Bonchev–Trinajstić information content (AvgIpc) is 3.21. The van der Waals surface area contributed by atoms with Gasteiger partial charge in [-0.2, -0.15) is 0 Å². The Kier molecular flexibility index (Phi) is 9.42. The van der Waals surface area contributed by atoms with E-state index in [2.05, 4.69) is 11.0 Å². The van der Waals surface area contributed by atoms with Gasteiger partial charge in [0.2, 0.25) is 0 Å². The van der Waals surface area contributed by atoms with Gasteiger partial charge in [-0.05, 0) is 86.5 Å². The third-order valence-electron chi connectivity index (χ3n) is 6.42. The molecule has 2 aromatic carbocycles. The first-order valence-electron chi connectivity index (χ1n) is 11.6. The maximum atomic E-state index is 13.8. The topological polar surface area (TPSA) is 70.0 Å². The van der Waals surface area contributed by atoms with Gasteiger partial charge in [-0.15, -0.1) is 0 Å². The van der Waals surface area contributed by atoms with Crippen LogP contribution in [0.2, 0.25) is 5.02 Å². The number of ether oxygens (including phenoxy) is 1. The molecule has 5 nitrogen and oxygen atoms in total. The lowest BCUT2D eigenvalue weighted by atomic mass is 9.98. The second-order valence-electron chi connectivity index (χ2n) is 9.07. The molecule has 34 heavy (non-hydrogen) atoms. The van der Waals surface area contributed by atoms with Crippen molar-refractivity contribution in [1.29, 1.82) is 0 Å². The highest BCUT2D eigenvalue weighted by Crippen LogP contribution is 2.27. The van der Waals surface area contributed by atoms with E-state index in [1.165, 1.54) is 5.56 Å². The Hall–Kier alpha value is -2.06. The van der Waals surface area contributed by atoms with Crippen LogP contribution in [0.25, 0.3) is 0 Å². The maximum absolute atomic E-state index is 13.8. The number of hydrogen-bond donors (Lipinski definition) is 2. The molecule has 1 aliphatic rings. The number of benzene rings is 2. The third kappa shape index (κ3) is 7.22. The molecule has 2 aromatic rings. The van der Waals surface area contributed by atoms with E-state index in [1.807, 2.05) is 19.1 Å². The van der Waals surface area contributed by atoms with Crippen molar-refractivity contribution in [3.8, 4) is 0 Å². The van der Waals surface area contributed by atoms with Gasteiger partial charge in [-0.25, -0.2) is 8.78 Å². The molecule has 0 radical (unpaired) electrons. The van der Waals surface area contributed by atoms with Gasteiger partial charge in [-0.3, -0.25) is 9.69 Å². The number of nitrogens with zero attached hydrogens (tertiary/aromatic N) is 1. The van der Waals surface area contributed by atoms with E-state index in [9.17, 15) is 18.7 Å². The number of β-amino-alcohol motifs (C(OH)–C–C–N with tert-alkyl or cyclic N) is 1. The molecule has 0 aromatic heterocycles. The summed E-state index contributed by atoms with van der Waals surface area (Å²) in [6.07, 6.45) is 1.43. The number of aryl methyl sites for hydroxylation is 2. The van der Waals surface area contributed by atoms with E-state index >= 15 is 0 Å². The van der Waals surface area contributed by atoms with Crippen molar-refractivity contribution in [2.24, 2.45) is 0 Å². The summed E-state index contributed by atoms with van der Waals surface area (Å²) in [6.45, 7) is 5.02. The van der Waals surface area contributed by atoms with Crippen molar-refractivity contribution in [3.05, 3.63) is 69.2 Å². The van der Waals surface area contributed by atoms with Gasteiger partial charge in [0.1, 0.15) is 0 Å². The van der Waals surface area contributed by atoms with Gasteiger partial charge < -0.3 is 14.9 Å². The van der Waals surface area contributed by atoms with Crippen LogP contribution in [0.3, 0.4) is 0 Å². The van der Waals surface area contributed by atoms with E-state index in [4.69, 9.17) is 21.4 Å². The van der Waals surface area contributed by atoms with Crippen LogP contribution in [0.1, 0.15) is 54.5 Å². The number of carboxylic acid groups (broad SMARTS) is 1. The molecule has 0 unspecified atom stereocenters. The average molecular weight is 496 g/mol. The molecular weight excluding hydrogens is 464 g/mol. The van der Waals surface area contributed by atoms with Gasteiger partial charge >= 0.3 is 5.97 Å². The zero-order valence-corrected chi connectivity index (χ0v) is 20.3. The van der Waals surface area contributed by atoms with E-state index in [0.29, 0.717) is 23.7 Å². The van der Waals surface area contributed by atoms with Crippen LogP contribution in [0.5, 0.6) is 0 Å². The number of aliphatic hydroxyl groups excluding tert-OH is 1. The number of aliphatic hydroxyl groups is 1. The first kappa shape index (κ1) is 26.5. The summed E-state index contributed by atoms with van der Waals surface area (Å²) in [5, 5.41) is 20.3. The molecule has 1 saturated heterocycles. The van der Waals surface area contributed by atoms with Gasteiger partial charge in [0.05, 0.1) is 18.8 Å². The Bertz CT molecular complexity index is 1000. The summed E-state index contributed by atoms with van der Waals surface area (Å²) in [4.78, 5) is 13.2. The molecule has 2 N–H and O–H groups in total. The molecule has 1 heterocycles. The lowest BCUT2D eigenvalue weighted by molar-refractivity contribution is -0.136. The zero-order chi connectivity index (χ0) is 24.8. The molecule has 0 bridgehead atoms. The molecule has 1 fully saturated rings. The van der Waals surface area contributed by atoms with Crippen molar-refractivity contribution in [2.75, 3.05) is 19.7 Å². The van der Waals surface area contributed by atoms with E-state index < -0.39 is 29.8 Å². The lowest BCUT2D eigenvalue weighted by Gasteiger charge is -2.28. The molecule has 0 spiro atoms. The van der Waals surface area contributed by atoms with Gasteiger partial charge in [-0.1, -0.05) is 23.7 Å². The summed E-state index contributed by atoms with van der Waals surface area (Å²) in [6, 6.07) is 8.48. The molecule has 8 heteroatoms. The van der Waals surface area contributed by atoms with E-state index in [1.54, 1.807) is 6.92 Å². The maximum Gasteiger partial charge on any atom is 0.303 e. The molecule has 0 amide bonds. The van der Waals surface area contributed by atoms with Crippen LogP contribution in [-0.2, 0) is 22.4 Å². The van der Waals surface area contributed by atoms with Crippen LogP contribution < -0.4 is 0 Å². The Labute approximate surface area is 204 Å². The fourth-order valence-electron chi connectivity index (χ4n) is 4.51. The standard InChI is InChI=1S/C26H32ClF2NO4/c1-16-5-6-18(11-23(16)27)10-20-4-3-9-30(20)14-21(31)15-34-17(2)22-13-25(29)24(28)12-19(22)7-8-26(32)33/h5-6,11-13,17,20-21,31H,3-4,7-10,14-15H2,1-2H3,(H,32,33)/t17-,20+,21+/m1/s1. The number of aliphatic carboxylic acids is 1. The highest BCUT2D eigenvalue weighted by Gasteiger charge is 2.27. The Balaban J connectivity index is 1.56. The predicted molar refractivity (Wildman–Crippen MR) is 127 cm³/mol. The van der Waals surface area contributed by atoms with Crippen molar-refractivity contribution in [1.82, 2.24) is 4.90 Å². The fourth-order valence-corrected chi connectivity index (χ4v) is 4.71. The number of carbonyl (C=O) groups is 1. The third-order valence-corrected chi connectivity index (χ3v) is 6.83. The Morgan fingerprint density at radius 3 is 2.71 bits per heavy atom. The molecule has 3 rings (SSSR count). The van der Waals surface area contributed by atoms with Crippen LogP contribution >= 0.6 is 11.6 Å². The molecule has 0 saturated carbocycles. The quantitative estimate of drug-likeness (QED) is 0.454. The second-order valence-corrected chi connectivity index (χ2v) is 9.47. The van der Waals surface area contributed by atoms with Crippen molar-refractivity contribution in [2.45, 2.75) is 64.2 Å². The summed E-state index contributed by atoms with van der Waals surface area (Å²) in [5.74, 6) is -3.06. The van der Waals surface area contributed by atoms with Gasteiger partial charge in [0.25, 0.3) is 0 Å². The summed E-state index contributed by atoms with van der Waals surface area (Å²) >= 11 is 6.26. The van der Waals surface area contributed by atoms with Gasteiger partial charge in [0.15, 0.2) is 11.6 Å². The Morgan fingerprint density at radius 1 is 1.26 bits per heavy atom. The molecule has 1 aliphatic heterocycles. The first-order valence-corrected chi connectivity index (χ1v) is 12.0. The molecule has 3 atom stereocenters. The minimum Gasteiger partial charge on any atom is -0.481 e. The lowest BCUT2D eigenvalue weighted by Crippen LogP contribution is -2.39. The van der Waals surface area contributed by atoms with E-state index in [-0.39, 0.29) is 19.4 Å². The normalized spacial score (nSPS) is 18.2.